The predicted octanol–water partition coefficient (Wildman–Crippen LogP) is 6.52. The van der Waals surface area contributed by atoms with E-state index in [4.69, 9.17) is 24.0 Å². The van der Waals surface area contributed by atoms with Crippen LogP contribution in [0.25, 0.3) is 16.4 Å². The van der Waals surface area contributed by atoms with Gasteiger partial charge in [0.25, 0.3) is 0 Å². The van der Waals surface area contributed by atoms with Crippen molar-refractivity contribution in [2.75, 3.05) is 14.2 Å². The largest absolute Gasteiger partial charge is 0.493 e. The Morgan fingerprint density at radius 3 is 2.57 bits per heavy atom. The van der Waals surface area contributed by atoms with E-state index in [9.17, 15) is 0 Å². The molecule has 1 atom stereocenters. The summed E-state index contributed by atoms with van der Waals surface area (Å²) < 4.78 is 18.9. The SMILES string of the molecule is COc1ccc(/C(C)=N/OCc2nc3c4c(ncn3n2)Oc2c(ccc3ccccc23)[C@@H]4c2ccccc2)cc1OC. The molecule has 0 saturated carbocycles. The van der Waals surface area contributed by atoms with Crippen molar-refractivity contribution in [2.45, 2.75) is 19.4 Å². The van der Waals surface area contributed by atoms with Crippen LogP contribution in [0.4, 0.5) is 0 Å². The number of fused-ring (bicyclic) bond motifs is 6. The summed E-state index contributed by atoms with van der Waals surface area (Å²) in [5, 5.41) is 11.1. The van der Waals surface area contributed by atoms with E-state index in [1.165, 1.54) is 0 Å². The van der Waals surface area contributed by atoms with Crippen LogP contribution in [0.5, 0.6) is 23.1 Å². The summed E-state index contributed by atoms with van der Waals surface area (Å²) in [6.07, 6.45) is 1.63. The molecule has 0 radical (unpaired) electrons. The van der Waals surface area contributed by atoms with Crippen LogP contribution in [0.3, 0.4) is 0 Å². The van der Waals surface area contributed by atoms with Gasteiger partial charge in [0.05, 0.1) is 25.5 Å². The fraction of sp³-hybridized carbons (Fsp3) is 0.152. The maximum absolute atomic E-state index is 6.49. The Kier molecular flexibility index (Phi) is 6.39. The van der Waals surface area contributed by atoms with Crippen LogP contribution in [-0.2, 0) is 11.4 Å². The van der Waals surface area contributed by atoms with Gasteiger partial charge >= 0.3 is 0 Å². The molecule has 0 amide bonds. The van der Waals surface area contributed by atoms with Crippen molar-refractivity contribution in [2.24, 2.45) is 5.16 Å². The van der Waals surface area contributed by atoms with E-state index in [2.05, 4.69) is 51.6 Å². The number of rotatable bonds is 7. The van der Waals surface area contributed by atoms with Crippen LogP contribution in [0.2, 0.25) is 0 Å². The van der Waals surface area contributed by atoms with Gasteiger partial charge in [0, 0.05) is 22.4 Å². The van der Waals surface area contributed by atoms with Crippen molar-refractivity contribution in [1.82, 2.24) is 19.6 Å². The van der Waals surface area contributed by atoms with Gasteiger partial charge < -0.3 is 19.0 Å². The Balaban J connectivity index is 1.24. The third kappa shape index (κ3) is 4.35. The van der Waals surface area contributed by atoms with E-state index in [1.54, 1.807) is 25.1 Å². The number of hydrogen-bond acceptors (Lipinski definition) is 8. The van der Waals surface area contributed by atoms with E-state index >= 15 is 0 Å². The molecule has 1 aliphatic heterocycles. The van der Waals surface area contributed by atoms with Gasteiger partial charge in [-0.3, -0.25) is 0 Å². The van der Waals surface area contributed by atoms with Gasteiger partial charge in [0.2, 0.25) is 5.88 Å². The van der Waals surface area contributed by atoms with Gasteiger partial charge in [-0.1, -0.05) is 71.9 Å². The monoisotopic (exact) mass is 557 g/mol. The second kappa shape index (κ2) is 10.5. The highest BCUT2D eigenvalue weighted by atomic mass is 16.6. The van der Waals surface area contributed by atoms with Crippen molar-refractivity contribution in [3.8, 4) is 23.1 Å². The molecule has 1 aliphatic rings. The van der Waals surface area contributed by atoms with Gasteiger partial charge in [0.1, 0.15) is 12.1 Å². The predicted molar refractivity (Wildman–Crippen MR) is 159 cm³/mol. The molecular formula is C33H27N5O4. The summed E-state index contributed by atoms with van der Waals surface area (Å²) in [7, 11) is 3.20. The zero-order valence-electron chi connectivity index (χ0n) is 23.3. The fourth-order valence-corrected chi connectivity index (χ4v) is 5.44. The molecule has 0 unspecified atom stereocenters. The third-order valence-corrected chi connectivity index (χ3v) is 7.47. The van der Waals surface area contributed by atoms with Crippen molar-refractivity contribution in [3.63, 3.8) is 0 Å². The molecule has 3 heterocycles. The van der Waals surface area contributed by atoms with Crippen LogP contribution >= 0.6 is 0 Å². The number of ether oxygens (including phenoxy) is 3. The minimum atomic E-state index is -0.144. The molecule has 0 saturated heterocycles. The van der Waals surface area contributed by atoms with Crippen LogP contribution in [0.15, 0.2) is 96.4 Å². The van der Waals surface area contributed by atoms with Gasteiger partial charge in [0.15, 0.2) is 29.6 Å². The van der Waals surface area contributed by atoms with E-state index in [0.29, 0.717) is 34.6 Å². The average molecular weight is 558 g/mol. The third-order valence-electron chi connectivity index (χ3n) is 7.47. The van der Waals surface area contributed by atoms with Gasteiger partial charge in [-0.2, -0.15) is 0 Å². The molecule has 9 heteroatoms. The van der Waals surface area contributed by atoms with Gasteiger partial charge in [-0.05, 0) is 36.1 Å². The molecule has 0 bridgehead atoms. The lowest BCUT2D eigenvalue weighted by Crippen LogP contribution is -2.15. The Morgan fingerprint density at radius 2 is 1.74 bits per heavy atom. The minimum Gasteiger partial charge on any atom is -0.493 e. The van der Waals surface area contributed by atoms with Crippen molar-refractivity contribution < 1.29 is 19.0 Å². The first kappa shape index (κ1) is 25.5. The maximum atomic E-state index is 6.49. The van der Waals surface area contributed by atoms with Crippen LogP contribution in [0, 0.1) is 0 Å². The summed E-state index contributed by atoms with van der Waals surface area (Å²) in [4.78, 5) is 15.2. The number of aromatic nitrogens is 4. The lowest BCUT2D eigenvalue weighted by Gasteiger charge is -2.28. The molecule has 2 aromatic heterocycles. The van der Waals surface area contributed by atoms with Crippen molar-refractivity contribution in [1.29, 1.82) is 0 Å². The first-order valence-corrected chi connectivity index (χ1v) is 13.5. The number of hydrogen-bond donors (Lipinski definition) is 0. The zero-order chi connectivity index (χ0) is 28.6. The Morgan fingerprint density at radius 1 is 0.929 bits per heavy atom. The molecule has 4 aromatic carbocycles. The Bertz CT molecular complexity index is 1970. The number of methoxy groups -OCH3 is 2. The van der Waals surface area contributed by atoms with Crippen LogP contribution in [0.1, 0.15) is 40.9 Å². The van der Waals surface area contributed by atoms with Gasteiger partial charge in [-0.15, -0.1) is 5.10 Å². The quantitative estimate of drug-likeness (QED) is 0.163. The second-order valence-electron chi connectivity index (χ2n) is 9.93. The Labute approximate surface area is 242 Å². The Hall–Kier alpha value is -5.44. The highest BCUT2D eigenvalue weighted by Crippen LogP contribution is 2.50. The number of oxime groups is 1. The molecule has 7 rings (SSSR count). The molecule has 0 fully saturated rings. The summed E-state index contributed by atoms with van der Waals surface area (Å²) in [5.74, 6) is 2.93. The van der Waals surface area contributed by atoms with Gasteiger partial charge in [-0.25, -0.2) is 14.5 Å². The van der Waals surface area contributed by atoms with Crippen molar-refractivity contribution >= 4 is 22.1 Å². The molecule has 9 nitrogen and oxygen atoms in total. The smallest absolute Gasteiger partial charge is 0.228 e. The standard InChI is InChI=1S/C33H27N5O4/c1-20(23-14-16-26(39-2)27(17-23)40-3)37-41-18-28-35-32-30-29(22-10-5-4-6-11-22)25-15-13-21-9-7-8-12-24(21)31(25)42-33(30)34-19-38(32)36-28/h4-17,19,29H,18H2,1-3H3/b37-20+/t29-/m0/s1. The molecule has 0 N–H and O–H groups in total. The maximum Gasteiger partial charge on any atom is 0.228 e. The molecule has 0 aliphatic carbocycles. The topological polar surface area (TPSA) is 92.4 Å². The van der Waals surface area contributed by atoms with Crippen LogP contribution < -0.4 is 14.2 Å². The summed E-state index contributed by atoms with van der Waals surface area (Å²) in [6.45, 7) is 1.95. The molecule has 0 spiro atoms. The zero-order valence-corrected chi connectivity index (χ0v) is 23.3. The lowest BCUT2D eigenvalue weighted by atomic mass is 9.83. The number of nitrogens with zero attached hydrogens (tertiary/aromatic N) is 5. The first-order chi connectivity index (χ1) is 20.6. The highest BCUT2D eigenvalue weighted by molar-refractivity contribution is 5.99. The lowest BCUT2D eigenvalue weighted by molar-refractivity contribution is 0.125. The minimum absolute atomic E-state index is 0.0825. The summed E-state index contributed by atoms with van der Waals surface area (Å²) >= 11 is 0. The van der Waals surface area contributed by atoms with E-state index in [-0.39, 0.29) is 12.5 Å². The number of benzene rings is 4. The van der Waals surface area contributed by atoms with E-state index in [1.807, 2.05) is 55.5 Å². The van der Waals surface area contributed by atoms with Crippen molar-refractivity contribution in [3.05, 3.63) is 119 Å². The highest BCUT2D eigenvalue weighted by Gasteiger charge is 2.34. The summed E-state index contributed by atoms with van der Waals surface area (Å²) in [5.41, 5.74) is 5.22. The fourth-order valence-electron chi connectivity index (χ4n) is 5.44. The molecular weight excluding hydrogens is 530 g/mol. The van der Waals surface area contributed by atoms with Crippen LogP contribution in [-0.4, -0.2) is 39.5 Å². The normalized spacial score (nSPS) is 14.3. The molecule has 42 heavy (non-hydrogen) atoms. The molecule has 208 valence electrons. The van der Waals surface area contributed by atoms with E-state index < -0.39 is 0 Å². The first-order valence-electron chi connectivity index (χ1n) is 13.5. The van der Waals surface area contributed by atoms with E-state index in [0.717, 1.165) is 38.8 Å². The summed E-state index contributed by atoms with van der Waals surface area (Å²) in [6, 6.07) is 28.4. The average Bonchev–Trinajstić information content (AvgIpc) is 3.47. The second-order valence-corrected chi connectivity index (χ2v) is 9.93. The molecule has 6 aromatic rings.